The summed E-state index contributed by atoms with van der Waals surface area (Å²) in [5.41, 5.74) is 1.87. The van der Waals surface area contributed by atoms with E-state index in [-0.39, 0.29) is 23.4 Å². The van der Waals surface area contributed by atoms with Crippen molar-refractivity contribution in [3.05, 3.63) is 87.9 Å². The van der Waals surface area contributed by atoms with Gasteiger partial charge in [0, 0.05) is 27.5 Å². The maximum atomic E-state index is 14.2. The molecule has 0 aliphatic heterocycles. The normalized spacial score (nSPS) is 12.8. The monoisotopic (exact) mass is 649 g/mol. The lowest BCUT2D eigenvalue weighted by Crippen LogP contribution is -2.53. The summed E-state index contributed by atoms with van der Waals surface area (Å²) in [6.07, 6.45) is 2.93. The minimum absolute atomic E-state index is 0.00846. The maximum absolute atomic E-state index is 14.2. The molecule has 11 heteroatoms. The van der Waals surface area contributed by atoms with Gasteiger partial charge in [-0.15, -0.1) is 11.8 Å². The first-order valence-electron chi connectivity index (χ1n) is 13.7. The summed E-state index contributed by atoms with van der Waals surface area (Å²) in [5.74, 6) is -0.861. The van der Waals surface area contributed by atoms with Crippen LogP contribution in [-0.4, -0.2) is 50.0 Å². The highest BCUT2D eigenvalue weighted by atomic mass is 35.5. The SMILES string of the molecule is CC[C@@H](C)NC(=O)[C@H](CC)N(Cc1ccc(Cl)cc1Cl)C(=O)CN(c1ccc(C)cc1)S(=O)(=O)c1ccc(SC)cc1. The molecular formula is C31H37Cl2N3O4S2. The summed E-state index contributed by atoms with van der Waals surface area (Å²) >= 11 is 14.1. The minimum Gasteiger partial charge on any atom is -0.352 e. The Labute approximate surface area is 263 Å². The predicted octanol–water partition coefficient (Wildman–Crippen LogP) is 6.94. The number of sulfonamides is 1. The van der Waals surface area contributed by atoms with Crippen LogP contribution in [0.1, 0.15) is 44.7 Å². The number of nitrogens with one attached hydrogen (secondary N) is 1. The van der Waals surface area contributed by atoms with Crippen molar-refractivity contribution < 1.29 is 18.0 Å². The van der Waals surface area contributed by atoms with E-state index < -0.39 is 28.5 Å². The second kappa shape index (κ2) is 15.1. The number of hydrogen-bond donors (Lipinski definition) is 1. The van der Waals surface area contributed by atoms with Crippen molar-refractivity contribution in [1.82, 2.24) is 10.2 Å². The first kappa shape index (κ1) is 33.8. The Kier molecular flexibility index (Phi) is 12.2. The molecule has 2 amide bonds. The molecular weight excluding hydrogens is 613 g/mol. The van der Waals surface area contributed by atoms with Crippen molar-refractivity contribution in [2.45, 2.75) is 69.0 Å². The van der Waals surface area contributed by atoms with Crippen molar-refractivity contribution in [3.8, 4) is 0 Å². The van der Waals surface area contributed by atoms with Crippen LogP contribution in [0.3, 0.4) is 0 Å². The molecule has 1 N–H and O–H groups in total. The zero-order valence-electron chi connectivity index (χ0n) is 24.4. The van der Waals surface area contributed by atoms with Crippen molar-refractivity contribution in [2.75, 3.05) is 17.1 Å². The summed E-state index contributed by atoms with van der Waals surface area (Å²) in [5, 5.41) is 3.74. The van der Waals surface area contributed by atoms with Crippen LogP contribution in [0.25, 0.3) is 0 Å². The van der Waals surface area contributed by atoms with E-state index in [9.17, 15) is 18.0 Å². The summed E-state index contributed by atoms with van der Waals surface area (Å²) in [4.78, 5) is 30.0. The van der Waals surface area contributed by atoms with E-state index in [4.69, 9.17) is 23.2 Å². The average Bonchev–Trinajstić information content (AvgIpc) is 2.97. The lowest BCUT2D eigenvalue weighted by molar-refractivity contribution is -0.140. The van der Waals surface area contributed by atoms with Crippen LogP contribution in [-0.2, 0) is 26.2 Å². The summed E-state index contributed by atoms with van der Waals surface area (Å²) in [6.45, 7) is 7.03. The van der Waals surface area contributed by atoms with Gasteiger partial charge in [0.1, 0.15) is 12.6 Å². The van der Waals surface area contributed by atoms with Gasteiger partial charge >= 0.3 is 0 Å². The molecule has 7 nitrogen and oxygen atoms in total. The van der Waals surface area contributed by atoms with E-state index in [1.54, 1.807) is 54.6 Å². The average molecular weight is 651 g/mol. The van der Waals surface area contributed by atoms with E-state index in [0.29, 0.717) is 34.1 Å². The fourth-order valence-corrected chi connectivity index (χ4v) is 6.60. The zero-order valence-corrected chi connectivity index (χ0v) is 27.6. The van der Waals surface area contributed by atoms with Gasteiger partial charge in [-0.2, -0.15) is 0 Å². The fourth-order valence-electron chi connectivity index (χ4n) is 4.31. The molecule has 0 radical (unpaired) electrons. The number of amides is 2. The second-order valence-corrected chi connectivity index (χ2v) is 13.6. The van der Waals surface area contributed by atoms with Crippen molar-refractivity contribution in [3.63, 3.8) is 0 Å². The number of nitrogens with zero attached hydrogens (tertiary/aromatic N) is 2. The van der Waals surface area contributed by atoms with Gasteiger partial charge in [-0.05, 0) is 87.0 Å². The molecule has 3 aromatic rings. The Hall–Kier alpha value is -2.72. The quantitative estimate of drug-likeness (QED) is 0.203. The highest BCUT2D eigenvalue weighted by molar-refractivity contribution is 7.98. The molecule has 3 rings (SSSR count). The zero-order chi connectivity index (χ0) is 31.0. The summed E-state index contributed by atoms with van der Waals surface area (Å²) < 4.78 is 29.1. The van der Waals surface area contributed by atoms with Crippen LogP contribution < -0.4 is 9.62 Å². The lowest BCUT2D eigenvalue weighted by atomic mass is 10.1. The van der Waals surface area contributed by atoms with E-state index >= 15 is 0 Å². The highest BCUT2D eigenvalue weighted by Gasteiger charge is 2.34. The van der Waals surface area contributed by atoms with Crippen molar-refractivity contribution >= 4 is 62.5 Å². The Morgan fingerprint density at radius 3 is 2.14 bits per heavy atom. The Balaban J connectivity index is 2.08. The third kappa shape index (κ3) is 8.43. The second-order valence-electron chi connectivity index (χ2n) is 10.0. The number of halogens is 2. The Morgan fingerprint density at radius 1 is 0.952 bits per heavy atom. The van der Waals surface area contributed by atoms with Crippen LogP contribution in [0.2, 0.25) is 10.0 Å². The van der Waals surface area contributed by atoms with Gasteiger partial charge in [0.2, 0.25) is 11.8 Å². The molecule has 0 saturated heterocycles. The van der Waals surface area contributed by atoms with Gasteiger partial charge in [0.15, 0.2) is 0 Å². The molecule has 0 aliphatic carbocycles. The fraction of sp³-hybridized carbons (Fsp3) is 0.355. The maximum Gasteiger partial charge on any atom is 0.264 e. The Morgan fingerprint density at radius 2 is 1.60 bits per heavy atom. The van der Waals surface area contributed by atoms with Crippen LogP contribution in [0.15, 0.2) is 76.5 Å². The molecule has 0 aromatic heterocycles. The highest BCUT2D eigenvalue weighted by Crippen LogP contribution is 2.28. The van der Waals surface area contributed by atoms with Crippen molar-refractivity contribution in [2.24, 2.45) is 0 Å². The van der Waals surface area contributed by atoms with Crippen molar-refractivity contribution in [1.29, 1.82) is 0 Å². The summed E-state index contributed by atoms with van der Waals surface area (Å²) in [6, 6.07) is 17.4. The number of thioether (sulfide) groups is 1. The molecule has 0 spiro atoms. The van der Waals surface area contributed by atoms with Gasteiger partial charge in [0.05, 0.1) is 10.6 Å². The van der Waals surface area contributed by atoms with Crippen LogP contribution >= 0.6 is 35.0 Å². The topological polar surface area (TPSA) is 86.8 Å². The minimum atomic E-state index is -4.15. The van der Waals surface area contributed by atoms with Gasteiger partial charge in [0.25, 0.3) is 10.0 Å². The molecule has 3 aromatic carbocycles. The lowest BCUT2D eigenvalue weighted by Gasteiger charge is -2.34. The molecule has 0 fully saturated rings. The molecule has 0 unspecified atom stereocenters. The molecule has 42 heavy (non-hydrogen) atoms. The largest absolute Gasteiger partial charge is 0.352 e. The molecule has 226 valence electrons. The molecule has 2 atom stereocenters. The van der Waals surface area contributed by atoms with Crippen LogP contribution in [0.5, 0.6) is 0 Å². The van der Waals surface area contributed by atoms with Gasteiger partial charge in [-0.1, -0.05) is 60.8 Å². The van der Waals surface area contributed by atoms with E-state index in [0.717, 1.165) is 14.8 Å². The van der Waals surface area contributed by atoms with Gasteiger partial charge < -0.3 is 10.2 Å². The Bertz CT molecular complexity index is 1480. The number of carbonyl (C=O) groups is 2. The van der Waals surface area contributed by atoms with E-state index in [1.165, 1.54) is 28.8 Å². The number of anilines is 1. The van der Waals surface area contributed by atoms with Crippen LogP contribution in [0.4, 0.5) is 5.69 Å². The molecule has 0 heterocycles. The number of benzene rings is 3. The number of rotatable bonds is 13. The molecule has 0 aliphatic rings. The molecule has 0 saturated carbocycles. The third-order valence-electron chi connectivity index (χ3n) is 6.99. The van der Waals surface area contributed by atoms with Gasteiger partial charge in [-0.25, -0.2) is 8.42 Å². The summed E-state index contributed by atoms with van der Waals surface area (Å²) in [7, 11) is -4.15. The number of hydrogen-bond acceptors (Lipinski definition) is 5. The smallest absolute Gasteiger partial charge is 0.264 e. The van der Waals surface area contributed by atoms with E-state index in [2.05, 4.69) is 5.32 Å². The predicted molar refractivity (Wildman–Crippen MR) is 173 cm³/mol. The number of aryl methyl sites for hydroxylation is 1. The van der Waals surface area contributed by atoms with Crippen LogP contribution in [0, 0.1) is 6.92 Å². The third-order valence-corrected chi connectivity index (χ3v) is 10.1. The van der Waals surface area contributed by atoms with Gasteiger partial charge in [-0.3, -0.25) is 13.9 Å². The van der Waals surface area contributed by atoms with E-state index in [1.807, 2.05) is 34.0 Å². The molecule has 0 bridgehead atoms. The first-order chi connectivity index (χ1) is 19.9. The number of carbonyl (C=O) groups excluding carboxylic acids is 2. The standard InChI is InChI=1S/C31H37Cl2N3O4S2/c1-6-22(4)34-31(38)29(7-2)35(19-23-10-11-24(32)18-28(23)33)30(37)20-36(25-12-8-21(3)9-13-25)42(39,40)27-16-14-26(41-5)15-17-27/h8-18,22,29H,6-7,19-20H2,1-5H3,(H,34,38)/t22-,29+/m1/s1. The first-order valence-corrected chi connectivity index (χ1v) is 17.1.